The van der Waals surface area contributed by atoms with Crippen LogP contribution < -0.4 is 10.2 Å². The number of ether oxygens (including phenoxy) is 1. The molecule has 7 nitrogen and oxygen atoms in total. The number of hydrogen-bond acceptors (Lipinski definition) is 4. The summed E-state index contributed by atoms with van der Waals surface area (Å²) in [6.07, 6.45) is 1.04. The van der Waals surface area contributed by atoms with Crippen LogP contribution in [0.3, 0.4) is 0 Å². The molecule has 1 heterocycles. The summed E-state index contributed by atoms with van der Waals surface area (Å²) in [5.41, 5.74) is 4.03. The Hall–Kier alpha value is -4.62. The molecule has 0 saturated carbocycles. The zero-order valence-corrected chi connectivity index (χ0v) is 23.8. The Morgan fingerprint density at radius 3 is 1.76 bits per heavy atom. The van der Waals surface area contributed by atoms with Crippen molar-refractivity contribution in [2.75, 3.05) is 36.5 Å². The van der Waals surface area contributed by atoms with Crippen LogP contribution in [0.15, 0.2) is 121 Å². The maximum atomic E-state index is 13.4. The fraction of sp³-hybridized carbons (Fsp3) is 0.257. The molecule has 3 amide bonds. The van der Waals surface area contributed by atoms with Gasteiger partial charge in [0.1, 0.15) is 6.61 Å². The van der Waals surface area contributed by atoms with Crippen molar-refractivity contribution in [1.82, 2.24) is 9.80 Å². The number of hydrogen-bond donors (Lipinski definition) is 1. The van der Waals surface area contributed by atoms with E-state index in [9.17, 15) is 9.59 Å². The Kier molecular flexibility index (Phi) is 10.2. The van der Waals surface area contributed by atoms with Crippen LogP contribution in [-0.4, -0.2) is 54.2 Å². The molecule has 216 valence electrons. The fourth-order valence-electron chi connectivity index (χ4n) is 5.34. The van der Waals surface area contributed by atoms with Gasteiger partial charge in [-0.3, -0.25) is 9.80 Å². The van der Waals surface area contributed by atoms with E-state index in [1.165, 1.54) is 11.1 Å². The lowest BCUT2D eigenvalue weighted by atomic mass is 10.0. The lowest BCUT2D eigenvalue weighted by Gasteiger charge is -2.38. The molecule has 1 N–H and O–H groups in total. The molecule has 0 bridgehead atoms. The van der Waals surface area contributed by atoms with Gasteiger partial charge in [-0.1, -0.05) is 97.1 Å². The normalized spacial score (nSPS) is 13.5. The number of carbonyl (C=O) groups excluding carboxylic acids is 2. The van der Waals surface area contributed by atoms with Gasteiger partial charge in [0.15, 0.2) is 0 Å². The van der Waals surface area contributed by atoms with Gasteiger partial charge in [0, 0.05) is 50.1 Å². The second kappa shape index (κ2) is 14.8. The summed E-state index contributed by atoms with van der Waals surface area (Å²) < 4.78 is 5.75. The molecular formula is C35H38N4O3. The molecule has 1 aliphatic heterocycles. The van der Waals surface area contributed by atoms with Crippen molar-refractivity contribution >= 4 is 23.5 Å². The second-order valence-corrected chi connectivity index (χ2v) is 10.5. The van der Waals surface area contributed by atoms with Crippen molar-refractivity contribution < 1.29 is 14.3 Å². The smallest absolute Gasteiger partial charge is 0.409 e. The van der Waals surface area contributed by atoms with E-state index in [1.807, 2.05) is 102 Å². The quantitative estimate of drug-likeness (QED) is 0.225. The molecule has 0 radical (unpaired) electrons. The molecule has 42 heavy (non-hydrogen) atoms. The highest BCUT2D eigenvalue weighted by molar-refractivity contribution is 6.02. The first kappa shape index (κ1) is 28.9. The summed E-state index contributed by atoms with van der Waals surface area (Å²) in [6, 6.07) is 39.6. The van der Waals surface area contributed by atoms with E-state index in [-0.39, 0.29) is 18.2 Å². The Labute approximate surface area is 248 Å². The third kappa shape index (κ3) is 8.21. The molecule has 4 aromatic rings. The van der Waals surface area contributed by atoms with Crippen LogP contribution in [0.1, 0.15) is 24.0 Å². The molecule has 0 aromatic heterocycles. The molecular weight excluding hydrogens is 524 g/mol. The van der Waals surface area contributed by atoms with Gasteiger partial charge in [-0.05, 0) is 48.2 Å². The predicted molar refractivity (Wildman–Crippen MR) is 167 cm³/mol. The van der Waals surface area contributed by atoms with Crippen molar-refractivity contribution in [3.63, 3.8) is 0 Å². The summed E-state index contributed by atoms with van der Waals surface area (Å²) in [5, 5.41) is 3.02. The zero-order valence-electron chi connectivity index (χ0n) is 23.8. The monoisotopic (exact) mass is 562 g/mol. The molecule has 1 aliphatic rings. The first-order valence-electron chi connectivity index (χ1n) is 14.6. The van der Waals surface area contributed by atoms with Crippen molar-refractivity contribution in [2.45, 2.75) is 32.0 Å². The van der Waals surface area contributed by atoms with E-state index in [1.54, 1.807) is 4.90 Å². The van der Waals surface area contributed by atoms with Crippen molar-refractivity contribution in [3.8, 4) is 0 Å². The zero-order chi connectivity index (χ0) is 29.0. The first-order valence-corrected chi connectivity index (χ1v) is 14.6. The molecule has 1 fully saturated rings. The number of nitrogens with zero attached hydrogens (tertiary/aromatic N) is 3. The Balaban J connectivity index is 1.15. The number of nitrogens with one attached hydrogen (secondary N) is 1. The first-order chi connectivity index (χ1) is 20.7. The number of rotatable bonds is 10. The van der Waals surface area contributed by atoms with Crippen LogP contribution in [0.2, 0.25) is 0 Å². The average Bonchev–Trinajstić information content (AvgIpc) is 3.03. The summed E-state index contributed by atoms with van der Waals surface area (Å²) in [7, 11) is 0. The van der Waals surface area contributed by atoms with E-state index >= 15 is 0 Å². The average molecular weight is 563 g/mol. The highest BCUT2D eigenvalue weighted by Crippen LogP contribution is 2.25. The summed E-state index contributed by atoms with van der Waals surface area (Å²) in [6.45, 7) is 3.56. The molecule has 7 heteroatoms. The van der Waals surface area contributed by atoms with Crippen molar-refractivity contribution in [3.05, 3.63) is 132 Å². The predicted octanol–water partition coefficient (Wildman–Crippen LogP) is 7.03. The van der Waals surface area contributed by atoms with E-state index in [4.69, 9.17) is 4.74 Å². The van der Waals surface area contributed by atoms with Crippen LogP contribution >= 0.6 is 0 Å². The number of likely N-dealkylation sites (tertiary alicyclic amines) is 1. The standard InChI is InChI=1S/C35H38N4O3/c40-34(36-31-17-9-3-10-18-31)39(32-19-11-4-12-20-32)33-21-23-38(24-22-33)35(41)42-26-25-37(27-29-13-5-1-6-14-29)28-30-15-7-2-8-16-30/h1-20,33H,21-28H2,(H,36,40). The number of piperidine rings is 1. The van der Waals surface area contributed by atoms with Crippen LogP contribution in [0, 0.1) is 0 Å². The Bertz CT molecular complexity index is 1340. The SMILES string of the molecule is O=C(OCCN(Cc1ccccc1)Cc1ccccc1)N1CCC(N(C(=O)Nc2ccccc2)c2ccccc2)CC1. The van der Waals surface area contributed by atoms with E-state index in [2.05, 4.69) is 34.5 Å². The van der Waals surface area contributed by atoms with Crippen molar-refractivity contribution in [2.24, 2.45) is 0 Å². The minimum Gasteiger partial charge on any atom is -0.448 e. The number of carbonyl (C=O) groups is 2. The molecule has 5 rings (SSSR count). The van der Waals surface area contributed by atoms with Gasteiger partial charge in [-0.15, -0.1) is 0 Å². The molecule has 4 aromatic carbocycles. The molecule has 0 aliphatic carbocycles. The van der Waals surface area contributed by atoms with E-state index < -0.39 is 0 Å². The Morgan fingerprint density at radius 2 is 1.21 bits per heavy atom. The van der Waals surface area contributed by atoms with Gasteiger partial charge in [0.25, 0.3) is 0 Å². The summed E-state index contributed by atoms with van der Waals surface area (Å²) >= 11 is 0. The van der Waals surface area contributed by atoms with Crippen LogP contribution in [-0.2, 0) is 17.8 Å². The third-order valence-electron chi connectivity index (χ3n) is 7.50. The maximum Gasteiger partial charge on any atom is 0.409 e. The number of para-hydroxylation sites is 2. The minimum atomic E-state index is -0.298. The van der Waals surface area contributed by atoms with Gasteiger partial charge in [-0.2, -0.15) is 0 Å². The summed E-state index contributed by atoms with van der Waals surface area (Å²) in [4.78, 5) is 32.3. The number of anilines is 2. The van der Waals surface area contributed by atoms with Gasteiger partial charge >= 0.3 is 12.1 Å². The minimum absolute atomic E-state index is 0.0348. The van der Waals surface area contributed by atoms with Gasteiger partial charge in [0.2, 0.25) is 0 Å². The second-order valence-electron chi connectivity index (χ2n) is 10.5. The molecule has 0 atom stereocenters. The van der Waals surface area contributed by atoms with Gasteiger partial charge in [-0.25, -0.2) is 9.59 Å². The third-order valence-corrected chi connectivity index (χ3v) is 7.50. The number of amides is 3. The lowest BCUT2D eigenvalue weighted by molar-refractivity contribution is 0.0803. The van der Waals surface area contributed by atoms with Gasteiger partial charge < -0.3 is 15.0 Å². The Morgan fingerprint density at radius 1 is 0.714 bits per heavy atom. The highest BCUT2D eigenvalue weighted by Gasteiger charge is 2.31. The van der Waals surface area contributed by atoms with Gasteiger partial charge in [0.05, 0.1) is 0 Å². The summed E-state index contributed by atoms with van der Waals surface area (Å²) in [5.74, 6) is 0. The van der Waals surface area contributed by atoms with Crippen LogP contribution in [0.4, 0.5) is 21.0 Å². The fourth-order valence-corrected chi connectivity index (χ4v) is 5.34. The topological polar surface area (TPSA) is 65.1 Å². The van der Waals surface area contributed by atoms with E-state index in [0.717, 1.165) is 24.5 Å². The van der Waals surface area contributed by atoms with E-state index in [0.29, 0.717) is 39.1 Å². The highest BCUT2D eigenvalue weighted by atomic mass is 16.6. The largest absolute Gasteiger partial charge is 0.448 e. The van der Waals surface area contributed by atoms with Crippen molar-refractivity contribution in [1.29, 1.82) is 0 Å². The number of benzene rings is 4. The molecule has 0 unspecified atom stereocenters. The number of urea groups is 1. The molecule has 0 spiro atoms. The lowest BCUT2D eigenvalue weighted by Crippen LogP contribution is -2.50. The van der Waals surface area contributed by atoms with Crippen LogP contribution in [0.25, 0.3) is 0 Å². The maximum absolute atomic E-state index is 13.4. The van der Waals surface area contributed by atoms with Crippen LogP contribution in [0.5, 0.6) is 0 Å². The molecule has 1 saturated heterocycles.